The summed E-state index contributed by atoms with van der Waals surface area (Å²) in [5.41, 5.74) is 0.240. The number of rotatable bonds is 3. The zero-order valence-corrected chi connectivity index (χ0v) is 16.2. The van der Waals surface area contributed by atoms with Gasteiger partial charge in [0.2, 0.25) is 5.88 Å². The van der Waals surface area contributed by atoms with Crippen molar-refractivity contribution in [1.29, 1.82) is 0 Å². The van der Waals surface area contributed by atoms with E-state index in [2.05, 4.69) is 4.98 Å². The molecule has 25 heavy (non-hydrogen) atoms. The van der Waals surface area contributed by atoms with E-state index >= 15 is 0 Å². The second-order valence-electron chi connectivity index (χ2n) is 7.31. The summed E-state index contributed by atoms with van der Waals surface area (Å²) in [4.78, 5) is 18.2. The lowest BCUT2D eigenvalue weighted by Crippen LogP contribution is -2.42. The van der Waals surface area contributed by atoms with Gasteiger partial charge in [-0.2, -0.15) is 0 Å². The lowest BCUT2D eigenvalue weighted by Gasteiger charge is -2.34. The molecule has 0 aromatic carbocycles. The zero-order chi connectivity index (χ0) is 18.8. The molecule has 0 saturated carbocycles. The van der Waals surface area contributed by atoms with Crippen LogP contribution >= 0.6 is 0 Å². The standard InChI is InChI=1S/C17H26N2O5S/c1-17(2,3)24-16(20)19-8-6-7-12(11-19)13-9-14(25(5,21)22)15(23-4)18-10-13/h9-10,12H,6-8,11H2,1-5H3/t12-/m1/s1. The number of sulfone groups is 1. The maximum Gasteiger partial charge on any atom is 0.410 e. The number of pyridine rings is 1. The molecule has 7 nitrogen and oxygen atoms in total. The fourth-order valence-corrected chi connectivity index (χ4v) is 3.63. The molecule has 1 aliphatic heterocycles. The van der Waals surface area contributed by atoms with Crippen LogP contribution in [0.4, 0.5) is 4.79 Å². The Hall–Kier alpha value is -1.83. The van der Waals surface area contributed by atoms with E-state index in [0.717, 1.165) is 24.7 Å². The van der Waals surface area contributed by atoms with Gasteiger partial charge in [-0.1, -0.05) is 0 Å². The zero-order valence-electron chi connectivity index (χ0n) is 15.4. The molecule has 0 bridgehead atoms. The summed E-state index contributed by atoms with van der Waals surface area (Å²) >= 11 is 0. The summed E-state index contributed by atoms with van der Waals surface area (Å²) in [5.74, 6) is 0.103. The van der Waals surface area contributed by atoms with Crippen molar-refractivity contribution in [2.75, 3.05) is 26.5 Å². The van der Waals surface area contributed by atoms with Gasteiger partial charge in [0.1, 0.15) is 10.5 Å². The summed E-state index contributed by atoms with van der Waals surface area (Å²) in [6.45, 7) is 6.61. The average molecular weight is 370 g/mol. The maximum absolute atomic E-state index is 12.3. The molecule has 0 spiro atoms. The summed E-state index contributed by atoms with van der Waals surface area (Å²) in [5, 5.41) is 0. The van der Waals surface area contributed by atoms with Crippen molar-refractivity contribution in [2.24, 2.45) is 0 Å². The number of likely N-dealkylation sites (tertiary alicyclic amines) is 1. The van der Waals surface area contributed by atoms with Gasteiger partial charge in [0.25, 0.3) is 0 Å². The smallest absolute Gasteiger partial charge is 0.410 e. The number of carbonyl (C=O) groups excluding carboxylic acids is 1. The van der Waals surface area contributed by atoms with E-state index in [1.54, 1.807) is 17.2 Å². The molecule has 2 rings (SSSR count). The van der Waals surface area contributed by atoms with Crippen LogP contribution < -0.4 is 4.74 Å². The number of aromatic nitrogens is 1. The Balaban J connectivity index is 2.23. The molecule has 0 N–H and O–H groups in total. The van der Waals surface area contributed by atoms with Gasteiger partial charge in [0.05, 0.1) is 7.11 Å². The molecular weight excluding hydrogens is 344 g/mol. The fraction of sp³-hybridized carbons (Fsp3) is 0.647. The topological polar surface area (TPSA) is 85.8 Å². The Morgan fingerprint density at radius 1 is 1.36 bits per heavy atom. The molecule has 0 aliphatic carbocycles. The van der Waals surface area contributed by atoms with Crippen LogP contribution in [0.5, 0.6) is 5.88 Å². The highest BCUT2D eigenvalue weighted by atomic mass is 32.2. The third-order valence-electron chi connectivity index (χ3n) is 3.98. The van der Waals surface area contributed by atoms with E-state index in [1.165, 1.54) is 7.11 Å². The second kappa shape index (κ2) is 7.19. The maximum atomic E-state index is 12.3. The first kappa shape index (κ1) is 19.5. The van der Waals surface area contributed by atoms with Crippen LogP contribution in [-0.4, -0.2) is 56.5 Å². The Labute approximate surface area is 149 Å². The highest BCUT2D eigenvalue weighted by molar-refractivity contribution is 7.90. The molecule has 1 aromatic heterocycles. The normalized spacial score (nSPS) is 18.8. The molecule has 1 saturated heterocycles. The van der Waals surface area contributed by atoms with Gasteiger partial charge >= 0.3 is 6.09 Å². The highest BCUT2D eigenvalue weighted by Crippen LogP contribution is 2.31. The fourth-order valence-electron chi connectivity index (χ4n) is 2.83. The Bertz CT molecular complexity index is 740. The predicted octanol–water partition coefficient (Wildman–Crippen LogP) is 2.61. The molecule has 1 aromatic rings. The Morgan fingerprint density at radius 3 is 2.60 bits per heavy atom. The lowest BCUT2D eigenvalue weighted by atomic mass is 9.92. The van der Waals surface area contributed by atoms with E-state index in [-0.39, 0.29) is 22.8 Å². The van der Waals surface area contributed by atoms with Gasteiger partial charge in [0, 0.05) is 31.5 Å². The first-order valence-electron chi connectivity index (χ1n) is 8.23. The van der Waals surface area contributed by atoms with Gasteiger partial charge in [-0.05, 0) is 45.2 Å². The SMILES string of the molecule is COc1ncc([C@@H]2CCCN(C(=O)OC(C)(C)C)C2)cc1S(C)(=O)=O. The minimum Gasteiger partial charge on any atom is -0.480 e. The number of hydrogen-bond acceptors (Lipinski definition) is 6. The Morgan fingerprint density at radius 2 is 2.04 bits per heavy atom. The number of nitrogens with zero attached hydrogens (tertiary/aromatic N) is 2. The summed E-state index contributed by atoms with van der Waals surface area (Å²) in [6.07, 6.45) is 4.09. The number of amides is 1. The molecule has 1 amide bonds. The van der Waals surface area contributed by atoms with Crippen molar-refractivity contribution in [3.05, 3.63) is 17.8 Å². The van der Waals surface area contributed by atoms with Crippen LogP contribution in [-0.2, 0) is 14.6 Å². The van der Waals surface area contributed by atoms with Crippen LogP contribution in [0, 0.1) is 0 Å². The van der Waals surface area contributed by atoms with Gasteiger partial charge < -0.3 is 14.4 Å². The van der Waals surface area contributed by atoms with Gasteiger partial charge in [-0.25, -0.2) is 18.2 Å². The van der Waals surface area contributed by atoms with Crippen molar-refractivity contribution < 1.29 is 22.7 Å². The first-order valence-corrected chi connectivity index (χ1v) is 10.1. The van der Waals surface area contributed by atoms with Gasteiger partial charge in [0.15, 0.2) is 9.84 Å². The minimum absolute atomic E-state index is 0.0141. The van der Waals surface area contributed by atoms with E-state index in [0.29, 0.717) is 13.1 Å². The molecular formula is C17H26N2O5S. The first-order chi connectivity index (χ1) is 11.5. The van der Waals surface area contributed by atoms with Crippen LogP contribution in [0.15, 0.2) is 17.2 Å². The molecule has 2 heterocycles. The highest BCUT2D eigenvalue weighted by Gasteiger charge is 2.29. The van der Waals surface area contributed by atoms with E-state index in [9.17, 15) is 13.2 Å². The molecule has 1 fully saturated rings. The quantitative estimate of drug-likeness (QED) is 0.813. The van der Waals surface area contributed by atoms with Crippen molar-refractivity contribution >= 4 is 15.9 Å². The van der Waals surface area contributed by atoms with Crippen LogP contribution in [0.2, 0.25) is 0 Å². The molecule has 0 unspecified atom stereocenters. The molecule has 1 atom stereocenters. The summed E-state index contributed by atoms with van der Waals surface area (Å²) in [6, 6.07) is 1.60. The van der Waals surface area contributed by atoms with Gasteiger partial charge in [-0.3, -0.25) is 0 Å². The van der Waals surface area contributed by atoms with Gasteiger partial charge in [-0.15, -0.1) is 0 Å². The van der Waals surface area contributed by atoms with Crippen molar-refractivity contribution in [1.82, 2.24) is 9.88 Å². The van der Waals surface area contributed by atoms with E-state index in [1.807, 2.05) is 20.8 Å². The lowest BCUT2D eigenvalue weighted by molar-refractivity contribution is 0.0198. The van der Waals surface area contributed by atoms with Crippen molar-refractivity contribution in [3.63, 3.8) is 0 Å². The second-order valence-corrected chi connectivity index (χ2v) is 9.30. The summed E-state index contributed by atoms with van der Waals surface area (Å²) < 4.78 is 34.4. The molecule has 8 heteroatoms. The number of ether oxygens (including phenoxy) is 2. The third-order valence-corrected chi connectivity index (χ3v) is 5.07. The Kier molecular flexibility index (Phi) is 5.61. The van der Waals surface area contributed by atoms with E-state index < -0.39 is 15.4 Å². The van der Waals surface area contributed by atoms with Crippen molar-refractivity contribution in [3.8, 4) is 5.88 Å². The number of piperidine rings is 1. The average Bonchev–Trinajstić information content (AvgIpc) is 2.52. The van der Waals surface area contributed by atoms with Crippen LogP contribution in [0.25, 0.3) is 0 Å². The monoisotopic (exact) mass is 370 g/mol. The predicted molar refractivity (Wildman–Crippen MR) is 93.7 cm³/mol. The number of carbonyl (C=O) groups is 1. The minimum atomic E-state index is -3.45. The van der Waals surface area contributed by atoms with Crippen LogP contribution in [0.3, 0.4) is 0 Å². The van der Waals surface area contributed by atoms with E-state index in [4.69, 9.17) is 9.47 Å². The number of methoxy groups -OCH3 is 1. The third kappa shape index (κ3) is 5.07. The number of hydrogen-bond donors (Lipinski definition) is 0. The molecule has 0 radical (unpaired) electrons. The largest absolute Gasteiger partial charge is 0.480 e. The molecule has 1 aliphatic rings. The van der Waals surface area contributed by atoms with Crippen LogP contribution in [0.1, 0.15) is 45.1 Å². The summed E-state index contributed by atoms with van der Waals surface area (Å²) in [7, 11) is -2.06. The van der Waals surface area contributed by atoms with Crippen molar-refractivity contribution in [2.45, 2.75) is 50.0 Å². The molecule has 140 valence electrons.